The Kier molecular flexibility index (Phi) is 6.04. The summed E-state index contributed by atoms with van der Waals surface area (Å²) >= 11 is 13.3. The molecule has 0 spiro atoms. The SMILES string of the molecule is CCc1sc(C(=O)OCC(=O)Nc2c(Cl)cccc2Cl)cc1C. The number of thiophene rings is 1. The van der Waals surface area contributed by atoms with Gasteiger partial charge in [0.05, 0.1) is 15.7 Å². The number of amides is 1. The molecular formula is C16H15Cl2NO3S. The van der Waals surface area contributed by atoms with Gasteiger partial charge in [-0.15, -0.1) is 11.3 Å². The van der Waals surface area contributed by atoms with Crippen molar-refractivity contribution < 1.29 is 14.3 Å². The summed E-state index contributed by atoms with van der Waals surface area (Å²) in [6.07, 6.45) is 0.856. The van der Waals surface area contributed by atoms with Crippen LogP contribution in [0.3, 0.4) is 0 Å². The molecular weight excluding hydrogens is 357 g/mol. The molecule has 122 valence electrons. The topological polar surface area (TPSA) is 55.4 Å². The Labute approximate surface area is 148 Å². The number of benzene rings is 1. The van der Waals surface area contributed by atoms with E-state index in [-0.39, 0.29) is 0 Å². The summed E-state index contributed by atoms with van der Waals surface area (Å²) < 4.78 is 5.03. The van der Waals surface area contributed by atoms with Crippen molar-refractivity contribution in [2.45, 2.75) is 20.3 Å². The van der Waals surface area contributed by atoms with Crippen LogP contribution in [0.15, 0.2) is 24.3 Å². The summed E-state index contributed by atoms with van der Waals surface area (Å²) in [5.74, 6) is -1.02. The molecule has 1 amide bonds. The number of hydrogen-bond acceptors (Lipinski definition) is 4. The van der Waals surface area contributed by atoms with Crippen LogP contribution in [-0.4, -0.2) is 18.5 Å². The molecule has 0 aliphatic carbocycles. The smallest absolute Gasteiger partial charge is 0.348 e. The number of para-hydroxylation sites is 1. The second-order valence-corrected chi connectivity index (χ2v) is 6.74. The van der Waals surface area contributed by atoms with Crippen LogP contribution in [0.2, 0.25) is 10.0 Å². The van der Waals surface area contributed by atoms with Crippen molar-refractivity contribution >= 4 is 52.1 Å². The summed E-state index contributed by atoms with van der Waals surface area (Å²) in [5, 5.41) is 3.17. The summed E-state index contributed by atoms with van der Waals surface area (Å²) in [5.41, 5.74) is 1.36. The first kappa shape index (κ1) is 17.8. The van der Waals surface area contributed by atoms with E-state index in [1.54, 1.807) is 24.3 Å². The molecule has 7 heteroatoms. The van der Waals surface area contributed by atoms with Gasteiger partial charge in [0.1, 0.15) is 4.88 Å². The van der Waals surface area contributed by atoms with E-state index < -0.39 is 18.5 Å². The molecule has 0 aliphatic heterocycles. The van der Waals surface area contributed by atoms with E-state index in [4.69, 9.17) is 27.9 Å². The highest BCUT2D eigenvalue weighted by atomic mass is 35.5. The molecule has 1 heterocycles. The van der Waals surface area contributed by atoms with E-state index in [0.717, 1.165) is 16.9 Å². The molecule has 0 atom stereocenters. The molecule has 1 aromatic carbocycles. The molecule has 4 nitrogen and oxygen atoms in total. The van der Waals surface area contributed by atoms with Gasteiger partial charge in [-0.25, -0.2) is 4.79 Å². The predicted octanol–water partition coefficient (Wildman–Crippen LogP) is 4.72. The van der Waals surface area contributed by atoms with Gasteiger partial charge in [0.15, 0.2) is 6.61 Å². The predicted molar refractivity (Wildman–Crippen MR) is 93.8 cm³/mol. The van der Waals surface area contributed by atoms with Crippen molar-refractivity contribution in [1.82, 2.24) is 0 Å². The lowest BCUT2D eigenvalue weighted by Crippen LogP contribution is -2.21. The zero-order valence-corrected chi connectivity index (χ0v) is 14.9. The molecule has 0 radical (unpaired) electrons. The van der Waals surface area contributed by atoms with E-state index in [0.29, 0.717) is 20.6 Å². The van der Waals surface area contributed by atoms with Crippen molar-refractivity contribution in [3.8, 4) is 0 Å². The Morgan fingerprint density at radius 2 is 1.91 bits per heavy atom. The number of carbonyl (C=O) groups excluding carboxylic acids is 2. The quantitative estimate of drug-likeness (QED) is 0.773. The van der Waals surface area contributed by atoms with Crippen LogP contribution >= 0.6 is 34.5 Å². The number of halogens is 2. The molecule has 0 saturated heterocycles. The van der Waals surface area contributed by atoms with Crippen molar-refractivity contribution in [2.75, 3.05) is 11.9 Å². The van der Waals surface area contributed by atoms with Crippen molar-refractivity contribution in [1.29, 1.82) is 0 Å². The Bertz CT molecular complexity index is 723. The third kappa shape index (κ3) is 4.47. The second kappa shape index (κ2) is 7.81. The van der Waals surface area contributed by atoms with Crippen LogP contribution < -0.4 is 5.32 Å². The summed E-state index contributed by atoms with van der Waals surface area (Å²) in [6, 6.07) is 6.66. The minimum atomic E-state index is -0.516. The number of anilines is 1. The number of ether oxygens (including phenoxy) is 1. The fourth-order valence-electron chi connectivity index (χ4n) is 1.97. The summed E-state index contributed by atoms with van der Waals surface area (Å²) in [7, 11) is 0. The van der Waals surface area contributed by atoms with E-state index in [9.17, 15) is 9.59 Å². The maximum atomic E-state index is 12.0. The van der Waals surface area contributed by atoms with Gasteiger partial charge in [-0.1, -0.05) is 36.2 Å². The van der Waals surface area contributed by atoms with Gasteiger partial charge in [0, 0.05) is 4.88 Å². The van der Waals surface area contributed by atoms with Gasteiger partial charge in [-0.2, -0.15) is 0 Å². The van der Waals surface area contributed by atoms with Gasteiger partial charge >= 0.3 is 5.97 Å². The van der Waals surface area contributed by atoms with E-state index in [2.05, 4.69) is 5.32 Å². The minimum Gasteiger partial charge on any atom is -0.451 e. The Balaban J connectivity index is 1.95. The van der Waals surface area contributed by atoms with Gasteiger partial charge in [0.25, 0.3) is 5.91 Å². The standard InChI is InChI=1S/C16H15Cl2NO3S/c1-3-12-9(2)7-13(23-12)16(21)22-8-14(20)19-15-10(17)5-4-6-11(15)18/h4-7H,3,8H2,1-2H3,(H,19,20). The fourth-order valence-corrected chi connectivity index (χ4v) is 3.47. The van der Waals surface area contributed by atoms with E-state index in [1.807, 2.05) is 13.8 Å². The maximum absolute atomic E-state index is 12.0. The highest BCUT2D eigenvalue weighted by molar-refractivity contribution is 7.14. The summed E-state index contributed by atoms with van der Waals surface area (Å²) in [4.78, 5) is 25.5. The molecule has 0 fully saturated rings. The number of hydrogen-bond donors (Lipinski definition) is 1. The summed E-state index contributed by atoms with van der Waals surface area (Å²) in [6.45, 7) is 3.56. The lowest BCUT2D eigenvalue weighted by atomic mass is 10.2. The van der Waals surface area contributed by atoms with Crippen LogP contribution in [0, 0.1) is 6.92 Å². The molecule has 0 saturated carbocycles. The van der Waals surface area contributed by atoms with Crippen LogP contribution in [0.1, 0.15) is 27.0 Å². The molecule has 0 bridgehead atoms. The zero-order valence-electron chi connectivity index (χ0n) is 12.6. The lowest BCUT2D eigenvalue weighted by molar-refractivity contribution is -0.119. The molecule has 2 rings (SSSR count). The molecule has 1 aromatic heterocycles. The normalized spacial score (nSPS) is 10.4. The van der Waals surface area contributed by atoms with E-state index >= 15 is 0 Å². The highest BCUT2D eigenvalue weighted by Gasteiger charge is 2.16. The number of rotatable bonds is 5. The third-order valence-corrected chi connectivity index (χ3v) is 5.10. The van der Waals surface area contributed by atoms with E-state index in [1.165, 1.54) is 11.3 Å². The van der Waals surface area contributed by atoms with Crippen molar-refractivity contribution in [3.05, 3.63) is 49.6 Å². The Hall–Kier alpha value is -1.56. The first-order valence-electron chi connectivity index (χ1n) is 6.92. The Morgan fingerprint density at radius 3 is 2.48 bits per heavy atom. The molecule has 0 aliphatic rings. The molecule has 23 heavy (non-hydrogen) atoms. The minimum absolute atomic E-state index is 0.303. The fraction of sp³-hybridized carbons (Fsp3) is 0.250. The first-order valence-corrected chi connectivity index (χ1v) is 8.50. The monoisotopic (exact) mass is 371 g/mol. The van der Waals surface area contributed by atoms with Crippen molar-refractivity contribution in [2.24, 2.45) is 0 Å². The number of esters is 1. The van der Waals surface area contributed by atoms with Crippen molar-refractivity contribution in [3.63, 3.8) is 0 Å². The van der Waals surface area contributed by atoms with Gasteiger partial charge < -0.3 is 10.1 Å². The maximum Gasteiger partial charge on any atom is 0.348 e. The number of aryl methyl sites for hydroxylation is 2. The average molecular weight is 372 g/mol. The lowest BCUT2D eigenvalue weighted by Gasteiger charge is -2.09. The van der Waals surface area contributed by atoms with Crippen LogP contribution in [-0.2, 0) is 16.0 Å². The van der Waals surface area contributed by atoms with Crippen LogP contribution in [0.25, 0.3) is 0 Å². The Morgan fingerprint density at radius 1 is 1.26 bits per heavy atom. The first-order chi connectivity index (χ1) is 10.9. The van der Waals surface area contributed by atoms with Crippen LogP contribution in [0.5, 0.6) is 0 Å². The zero-order chi connectivity index (χ0) is 17.0. The second-order valence-electron chi connectivity index (χ2n) is 4.79. The largest absolute Gasteiger partial charge is 0.451 e. The highest BCUT2D eigenvalue weighted by Crippen LogP contribution is 2.29. The number of nitrogens with one attached hydrogen (secondary N) is 1. The number of carbonyl (C=O) groups is 2. The van der Waals surface area contributed by atoms with Crippen LogP contribution in [0.4, 0.5) is 5.69 Å². The average Bonchev–Trinajstić information content (AvgIpc) is 2.90. The molecule has 0 unspecified atom stereocenters. The molecule has 2 aromatic rings. The van der Waals surface area contributed by atoms with Gasteiger partial charge in [-0.3, -0.25) is 4.79 Å². The van der Waals surface area contributed by atoms with Gasteiger partial charge in [-0.05, 0) is 37.1 Å². The van der Waals surface area contributed by atoms with Gasteiger partial charge in [0.2, 0.25) is 0 Å². The molecule has 1 N–H and O–H groups in total. The third-order valence-electron chi connectivity index (χ3n) is 3.10.